The molecule has 1 aromatic carbocycles. The first kappa shape index (κ1) is 15.2. The molecule has 0 spiro atoms. The molecule has 0 aliphatic rings. The molecule has 1 aromatic rings. The number of halogens is 1. The summed E-state index contributed by atoms with van der Waals surface area (Å²) in [6.07, 6.45) is -0.685. The maximum atomic E-state index is 11.5. The molecule has 0 fully saturated rings. The standard InChI is InChI=1S/C11H11IN2O5/c12-6-1-3-7(4-2-6)13-11(19)14-8(10(17)18)5-9(15)16/h1-4,8H,5H2,(H,15,16)(H,17,18)(H2,13,14,19). The van der Waals surface area contributed by atoms with Crippen molar-refractivity contribution in [2.45, 2.75) is 12.5 Å². The Bertz CT molecular complexity index is 488. The predicted molar refractivity (Wildman–Crippen MR) is 75.0 cm³/mol. The van der Waals surface area contributed by atoms with Crippen LogP contribution in [-0.2, 0) is 9.59 Å². The van der Waals surface area contributed by atoms with Gasteiger partial charge in [0.05, 0.1) is 6.42 Å². The average molecular weight is 378 g/mol. The van der Waals surface area contributed by atoms with Gasteiger partial charge in [-0.1, -0.05) is 0 Å². The smallest absolute Gasteiger partial charge is 0.326 e. The van der Waals surface area contributed by atoms with Crippen molar-refractivity contribution in [3.05, 3.63) is 27.8 Å². The highest BCUT2D eigenvalue weighted by molar-refractivity contribution is 14.1. The monoisotopic (exact) mass is 378 g/mol. The number of rotatable bonds is 5. The molecule has 0 radical (unpaired) electrons. The van der Waals surface area contributed by atoms with E-state index >= 15 is 0 Å². The molecule has 7 nitrogen and oxygen atoms in total. The molecule has 1 atom stereocenters. The van der Waals surface area contributed by atoms with Crippen LogP contribution in [0.2, 0.25) is 0 Å². The van der Waals surface area contributed by atoms with Gasteiger partial charge in [-0.2, -0.15) is 0 Å². The normalized spacial score (nSPS) is 11.4. The first-order chi connectivity index (χ1) is 8.88. The lowest BCUT2D eigenvalue weighted by atomic mass is 10.2. The molecule has 0 aromatic heterocycles. The number of carbonyl (C=O) groups excluding carboxylic acids is 1. The van der Waals surface area contributed by atoms with Crippen molar-refractivity contribution in [3.8, 4) is 0 Å². The summed E-state index contributed by atoms with van der Waals surface area (Å²) in [5.41, 5.74) is 0.484. The third kappa shape index (κ3) is 5.55. The Kier molecular flexibility index (Phi) is 5.55. The largest absolute Gasteiger partial charge is 0.481 e. The summed E-state index contributed by atoms with van der Waals surface area (Å²) in [4.78, 5) is 32.7. The minimum Gasteiger partial charge on any atom is -0.481 e. The lowest BCUT2D eigenvalue weighted by Crippen LogP contribution is -2.44. The molecule has 0 aliphatic heterocycles. The van der Waals surface area contributed by atoms with Gasteiger partial charge >= 0.3 is 18.0 Å². The van der Waals surface area contributed by atoms with Gasteiger partial charge in [0.2, 0.25) is 0 Å². The Balaban J connectivity index is 2.59. The van der Waals surface area contributed by atoms with Gasteiger partial charge in [-0.15, -0.1) is 0 Å². The molecule has 2 amide bonds. The van der Waals surface area contributed by atoms with Gasteiger partial charge in [-0.3, -0.25) is 4.79 Å². The molecule has 102 valence electrons. The molecule has 0 bridgehead atoms. The van der Waals surface area contributed by atoms with Crippen molar-refractivity contribution < 1.29 is 24.6 Å². The summed E-state index contributed by atoms with van der Waals surface area (Å²) in [6.45, 7) is 0. The highest BCUT2D eigenvalue weighted by atomic mass is 127. The van der Waals surface area contributed by atoms with Gasteiger partial charge < -0.3 is 20.8 Å². The summed E-state index contributed by atoms with van der Waals surface area (Å²) in [5, 5.41) is 21.8. The van der Waals surface area contributed by atoms with Crippen LogP contribution < -0.4 is 10.6 Å². The van der Waals surface area contributed by atoms with Crippen LogP contribution in [0.25, 0.3) is 0 Å². The number of carboxylic acids is 2. The van der Waals surface area contributed by atoms with E-state index in [1.807, 2.05) is 0 Å². The summed E-state index contributed by atoms with van der Waals surface area (Å²) in [6, 6.07) is 4.59. The zero-order valence-corrected chi connectivity index (χ0v) is 11.7. The van der Waals surface area contributed by atoms with E-state index in [1.165, 1.54) is 0 Å². The number of urea groups is 1. The van der Waals surface area contributed by atoms with Gasteiger partial charge in [0.25, 0.3) is 0 Å². The van der Waals surface area contributed by atoms with Gasteiger partial charge in [0, 0.05) is 9.26 Å². The van der Waals surface area contributed by atoms with Crippen LogP contribution in [0.3, 0.4) is 0 Å². The van der Waals surface area contributed by atoms with Gasteiger partial charge in [0.15, 0.2) is 0 Å². The van der Waals surface area contributed by atoms with Crippen molar-refractivity contribution in [3.63, 3.8) is 0 Å². The highest BCUT2D eigenvalue weighted by Gasteiger charge is 2.22. The van der Waals surface area contributed by atoms with E-state index in [2.05, 4.69) is 33.2 Å². The van der Waals surface area contributed by atoms with Gasteiger partial charge in [-0.25, -0.2) is 9.59 Å². The molecular formula is C11H11IN2O5. The fraction of sp³-hybridized carbons (Fsp3) is 0.182. The Labute approximate surface area is 122 Å². The van der Waals surface area contributed by atoms with Crippen molar-refractivity contribution in [1.29, 1.82) is 0 Å². The molecule has 19 heavy (non-hydrogen) atoms. The summed E-state index contributed by atoms with van der Waals surface area (Å²) in [7, 11) is 0. The number of carbonyl (C=O) groups is 3. The van der Waals surface area contributed by atoms with Crippen LogP contribution >= 0.6 is 22.6 Å². The number of hydrogen-bond donors (Lipinski definition) is 4. The molecular weight excluding hydrogens is 367 g/mol. The number of aliphatic carboxylic acids is 2. The maximum Gasteiger partial charge on any atom is 0.326 e. The summed E-state index contributed by atoms with van der Waals surface area (Å²) < 4.78 is 0.984. The van der Waals surface area contributed by atoms with Crippen molar-refractivity contribution in [2.75, 3.05) is 5.32 Å². The van der Waals surface area contributed by atoms with E-state index < -0.39 is 30.4 Å². The molecule has 1 rings (SSSR count). The van der Waals surface area contributed by atoms with Crippen molar-refractivity contribution >= 4 is 46.2 Å². The number of amides is 2. The van der Waals surface area contributed by atoms with Crippen LogP contribution in [-0.4, -0.2) is 34.2 Å². The first-order valence-electron chi connectivity index (χ1n) is 5.16. The molecule has 4 N–H and O–H groups in total. The first-order valence-corrected chi connectivity index (χ1v) is 6.24. The van der Waals surface area contributed by atoms with Crippen LogP contribution in [0.5, 0.6) is 0 Å². The lowest BCUT2D eigenvalue weighted by Gasteiger charge is -2.13. The number of benzene rings is 1. The Morgan fingerprint density at radius 1 is 1.16 bits per heavy atom. The second kappa shape index (κ2) is 6.92. The quantitative estimate of drug-likeness (QED) is 0.578. The maximum absolute atomic E-state index is 11.5. The van der Waals surface area contributed by atoms with Gasteiger partial charge in [-0.05, 0) is 46.9 Å². The molecule has 0 heterocycles. The van der Waals surface area contributed by atoms with E-state index in [9.17, 15) is 14.4 Å². The third-order valence-corrected chi connectivity index (χ3v) is 2.80. The van der Waals surface area contributed by atoms with Crippen LogP contribution in [0, 0.1) is 3.57 Å². The molecule has 0 saturated heterocycles. The van der Waals surface area contributed by atoms with Crippen molar-refractivity contribution in [1.82, 2.24) is 5.32 Å². The second-order valence-electron chi connectivity index (χ2n) is 3.59. The predicted octanol–water partition coefficient (Wildman–Crippen LogP) is 1.34. The number of hydrogen-bond acceptors (Lipinski definition) is 3. The lowest BCUT2D eigenvalue weighted by molar-refractivity contribution is -0.145. The fourth-order valence-electron chi connectivity index (χ4n) is 1.23. The highest BCUT2D eigenvalue weighted by Crippen LogP contribution is 2.10. The zero-order chi connectivity index (χ0) is 14.4. The minimum absolute atomic E-state index is 0.484. The Hall–Kier alpha value is -1.84. The number of anilines is 1. The van der Waals surface area contributed by atoms with E-state index in [4.69, 9.17) is 10.2 Å². The molecule has 0 aliphatic carbocycles. The second-order valence-corrected chi connectivity index (χ2v) is 4.84. The van der Waals surface area contributed by atoms with Gasteiger partial charge in [0.1, 0.15) is 6.04 Å². The average Bonchev–Trinajstić information content (AvgIpc) is 2.30. The van der Waals surface area contributed by atoms with E-state index in [1.54, 1.807) is 24.3 Å². The number of carboxylic acid groups (broad SMARTS) is 2. The van der Waals surface area contributed by atoms with E-state index in [0.29, 0.717) is 5.69 Å². The third-order valence-electron chi connectivity index (χ3n) is 2.08. The fourth-order valence-corrected chi connectivity index (χ4v) is 1.59. The SMILES string of the molecule is O=C(O)CC(NC(=O)Nc1ccc(I)cc1)C(=O)O. The van der Waals surface area contributed by atoms with Crippen LogP contribution in [0.4, 0.5) is 10.5 Å². The van der Waals surface area contributed by atoms with E-state index in [0.717, 1.165) is 3.57 Å². The van der Waals surface area contributed by atoms with Crippen molar-refractivity contribution in [2.24, 2.45) is 0 Å². The van der Waals surface area contributed by atoms with Crippen LogP contribution in [0.1, 0.15) is 6.42 Å². The molecule has 0 saturated carbocycles. The number of nitrogens with one attached hydrogen (secondary N) is 2. The summed E-state index contributed by atoms with van der Waals surface area (Å²) in [5.74, 6) is -2.71. The van der Waals surface area contributed by atoms with Crippen LogP contribution in [0.15, 0.2) is 24.3 Å². The minimum atomic E-state index is -1.47. The summed E-state index contributed by atoms with van der Waals surface area (Å²) >= 11 is 2.10. The Morgan fingerprint density at radius 2 is 1.74 bits per heavy atom. The van der Waals surface area contributed by atoms with E-state index in [-0.39, 0.29) is 0 Å². The topological polar surface area (TPSA) is 116 Å². The zero-order valence-electron chi connectivity index (χ0n) is 9.59. The molecule has 1 unspecified atom stereocenters. The Morgan fingerprint density at radius 3 is 2.21 bits per heavy atom. The molecule has 8 heteroatoms.